The Hall–Kier alpha value is -4.75. The summed E-state index contributed by atoms with van der Waals surface area (Å²) in [5.41, 5.74) is -0.264. The number of carbonyl (C=O) groups excluding carboxylic acids is 2. The standard InChI is InChI=1S/C27H28FN7O6/c1-15(36)29-12-18-13-35(27(40)41-18)17-4-5-22(30-11-17)32-6-8-33(9-7-32)25-21(28)10-19-23(37)20(26(38)39)14-34(16-2-3-16)24(19)31-25/h4-5,10-11,14,16,18H,2-3,6-9,12-13H2,1H3,(H,29,36)(H,38,39). The first-order valence-corrected chi connectivity index (χ1v) is 13.4. The molecule has 0 radical (unpaired) electrons. The third-order valence-electron chi connectivity index (χ3n) is 7.51. The van der Waals surface area contributed by atoms with Crippen molar-refractivity contribution in [3.8, 4) is 0 Å². The summed E-state index contributed by atoms with van der Waals surface area (Å²) in [5.74, 6) is -1.40. The minimum atomic E-state index is -1.35. The molecular formula is C27H28FN7O6. The lowest BCUT2D eigenvalue weighted by Gasteiger charge is -2.36. The van der Waals surface area contributed by atoms with Crippen molar-refractivity contribution in [3.63, 3.8) is 0 Å². The van der Waals surface area contributed by atoms with Gasteiger partial charge in [-0.15, -0.1) is 0 Å². The fourth-order valence-electron chi connectivity index (χ4n) is 5.21. The van der Waals surface area contributed by atoms with Crippen molar-refractivity contribution >= 4 is 46.3 Å². The number of aromatic nitrogens is 3. The van der Waals surface area contributed by atoms with Crippen LogP contribution in [0.5, 0.6) is 0 Å². The molecule has 3 aromatic heterocycles. The average molecular weight is 566 g/mol. The summed E-state index contributed by atoms with van der Waals surface area (Å²) in [6.45, 7) is 3.90. The van der Waals surface area contributed by atoms with E-state index in [1.807, 2.05) is 15.9 Å². The third-order valence-corrected chi connectivity index (χ3v) is 7.51. The molecule has 2 amide bonds. The number of amides is 2. The lowest BCUT2D eigenvalue weighted by atomic mass is 10.1. The van der Waals surface area contributed by atoms with Gasteiger partial charge in [-0.25, -0.2) is 23.9 Å². The Morgan fingerprint density at radius 2 is 1.88 bits per heavy atom. The smallest absolute Gasteiger partial charge is 0.414 e. The number of carbonyl (C=O) groups is 3. The summed E-state index contributed by atoms with van der Waals surface area (Å²) in [4.78, 5) is 62.1. The highest BCUT2D eigenvalue weighted by molar-refractivity contribution is 5.92. The van der Waals surface area contributed by atoms with Crippen molar-refractivity contribution < 1.29 is 28.6 Å². The summed E-state index contributed by atoms with van der Waals surface area (Å²) in [6, 6.07) is 4.73. The maximum Gasteiger partial charge on any atom is 0.414 e. The molecule has 2 N–H and O–H groups in total. The number of fused-ring (bicyclic) bond motifs is 1. The Labute approximate surface area is 233 Å². The maximum atomic E-state index is 15.2. The Morgan fingerprint density at radius 3 is 2.51 bits per heavy atom. The second kappa shape index (κ2) is 10.3. The molecule has 3 aromatic rings. The largest absolute Gasteiger partial charge is 0.477 e. The van der Waals surface area contributed by atoms with E-state index in [-0.39, 0.29) is 29.7 Å². The second-order valence-electron chi connectivity index (χ2n) is 10.4. The molecule has 1 atom stereocenters. The fourth-order valence-corrected chi connectivity index (χ4v) is 5.21. The van der Waals surface area contributed by atoms with Gasteiger partial charge in [-0.1, -0.05) is 0 Å². The molecule has 1 unspecified atom stereocenters. The van der Waals surface area contributed by atoms with Crippen LogP contribution in [0, 0.1) is 5.82 Å². The Kier molecular flexibility index (Phi) is 6.67. The van der Waals surface area contributed by atoms with E-state index in [1.165, 1.54) is 18.0 Å². The van der Waals surface area contributed by atoms with E-state index in [4.69, 9.17) is 4.74 Å². The normalized spacial score (nSPS) is 19.0. The number of rotatable bonds is 7. The Bertz CT molecular complexity index is 1600. The predicted molar refractivity (Wildman–Crippen MR) is 146 cm³/mol. The number of nitrogens with zero attached hydrogens (tertiary/aromatic N) is 6. The highest BCUT2D eigenvalue weighted by Crippen LogP contribution is 2.37. The van der Waals surface area contributed by atoms with E-state index in [0.717, 1.165) is 18.9 Å². The molecule has 0 spiro atoms. The first kappa shape index (κ1) is 26.5. The zero-order chi connectivity index (χ0) is 28.8. The van der Waals surface area contributed by atoms with Crippen molar-refractivity contribution in [1.82, 2.24) is 19.9 Å². The SMILES string of the molecule is CC(=O)NCC1CN(c2ccc(N3CCN(c4nc5c(cc4F)c(=O)c(C(=O)O)cn5C4CC4)CC3)nc2)C(=O)O1. The molecular weight excluding hydrogens is 537 g/mol. The lowest BCUT2D eigenvalue weighted by Crippen LogP contribution is -2.47. The monoisotopic (exact) mass is 565 g/mol. The van der Waals surface area contributed by atoms with Crippen LogP contribution in [0.1, 0.15) is 36.2 Å². The summed E-state index contributed by atoms with van der Waals surface area (Å²) in [6.07, 6.45) is 3.65. The van der Waals surface area contributed by atoms with Crippen LogP contribution in [0.2, 0.25) is 0 Å². The molecule has 13 nitrogen and oxygen atoms in total. The van der Waals surface area contributed by atoms with Crippen molar-refractivity contribution in [2.24, 2.45) is 0 Å². The van der Waals surface area contributed by atoms with E-state index in [2.05, 4.69) is 15.3 Å². The van der Waals surface area contributed by atoms with Gasteiger partial charge < -0.3 is 29.5 Å². The number of halogens is 1. The summed E-state index contributed by atoms with van der Waals surface area (Å²) in [5, 5.41) is 12.1. The lowest BCUT2D eigenvalue weighted by molar-refractivity contribution is -0.119. The highest BCUT2D eigenvalue weighted by atomic mass is 19.1. The van der Waals surface area contributed by atoms with E-state index in [1.54, 1.807) is 16.8 Å². The number of cyclic esters (lactones) is 1. The van der Waals surface area contributed by atoms with Gasteiger partial charge in [0.05, 0.1) is 30.4 Å². The van der Waals surface area contributed by atoms with Crippen molar-refractivity contribution in [1.29, 1.82) is 0 Å². The molecule has 5 heterocycles. The van der Waals surface area contributed by atoms with E-state index >= 15 is 4.39 Å². The topological polar surface area (TPSA) is 150 Å². The number of pyridine rings is 3. The fraction of sp³-hybridized carbons (Fsp3) is 0.407. The minimum Gasteiger partial charge on any atom is -0.477 e. The van der Waals surface area contributed by atoms with Crippen LogP contribution in [-0.4, -0.2) is 83.0 Å². The number of anilines is 3. The van der Waals surface area contributed by atoms with Gasteiger partial charge in [-0.2, -0.15) is 0 Å². The van der Waals surface area contributed by atoms with Crippen LogP contribution < -0.4 is 25.4 Å². The number of carboxylic acid groups (broad SMARTS) is 1. The first-order chi connectivity index (χ1) is 19.7. The number of aromatic carboxylic acids is 1. The van der Waals surface area contributed by atoms with Gasteiger partial charge in [0.15, 0.2) is 11.6 Å². The van der Waals surface area contributed by atoms with Gasteiger partial charge in [-0.05, 0) is 31.0 Å². The molecule has 1 aliphatic carbocycles. The molecule has 1 saturated carbocycles. The molecule has 2 saturated heterocycles. The number of carboxylic acids is 1. The van der Waals surface area contributed by atoms with Crippen molar-refractivity contribution in [2.75, 3.05) is 54.0 Å². The van der Waals surface area contributed by atoms with Crippen molar-refractivity contribution in [2.45, 2.75) is 31.9 Å². The zero-order valence-corrected chi connectivity index (χ0v) is 22.2. The molecule has 214 valence electrons. The average Bonchev–Trinajstić information content (AvgIpc) is 3.73. The van der Waals surface area contributed by atoms with E-state index in [9.17, 15) is 24.3 Å². The molecule has 41 heavy (non-hydrogen) atoms. The predicted octanol–water partition coefficient (Wildman–Crippen LogP) is 1.75. The van der Waals surface area contributed by atoms with Gasteiger partial charge in [0.25, 0.3) is 0 Å². The summed E-state index contributed by atoms with van der Waals surface area (Å²) >= 11 is 0. The Balaban J connectivity index is 1.15. The van der Waals surface area contributed by atoms with Gasteiger partial charge in [0.2, 0.25) is 11.3 Å². The summed E-state index contributed by atoms with van der Waals surface area (Å²) in [7, 11) is 0. The highest BCUT2D eigenvalue weighted by Gasteiger charge is 2.33. The van der Waals surface area contributed by atoms with Gasteiger partial charge in [-0.3, -0.25) is 14.5 Å². The van der Waals surface area contributed by atoms with Crippen LogP contribution in [0.3, 0.4) is 0 Å². The molecule has 0 aromatic carbocycles. The molecule has 6 rings (SSSR count). The number of nitrogens with one attached hydrogen (secondary N) is 1. The van der Waals surface area contributed by atoms with Crippen LogP contribution in [0.4, 0.5) is 26.5 Å². The van der Waals surface area contributed by atoms with Crippen LogP contribution in [0.25, 0.3) is 11.0 Å². The summed E-state index contributed by atoms with van der Waals surface area (Å²) < 4.78 is 22.2. The number of hydrogen-bond acceptors (Lipinski definition) is 9. The Morgan fingerprint density at radius 1 is 1.15 bits per heavy atom. The molecule has 0 bridgehead atoms. The van der Waals surface area contributed by atoms with Crippen LogP contribution in [-0.2, 0) is 9.53 Å². The van der Waals surface area contributed by atoms with Crippen LogP contribution in [0.15, 0.2) is 35.4 Å². The van der Waals surface area contributed by atoms with E-state index < -0.39 is 35.0 Å². The van der Waals surface area contributed by atoms with E-state index in [0.29, 0.717) is 49.9 Å². The second-order valence-corrected chi connectivity index (χ2v) is 10.4. The quantitative estimate of drug-likeness (QED) is 0.434. The zero-order valence-electron chi connectivity index (χ0n) is 22.2. The maximum absolute atomic E-state index is 15.2. The van der Waals surface area contributed by atoms with Gasteiger partial charge in [0, 0.05) is 45.3 Å². The van der Waals surface area contributed by atoms with Gasteiger partial charge >= 0.3 is 12.1 Å². The van der Waals surface area contributed by atoms with Crippen LogP contribution >= 0.6 is 0 Å². The number of piperazine rings is 1. The van der Waals surface area contributed by atoms with Gasteiger partial charge in [0.1, 0.15) is 23.1 Å². The number of hydrogen-bond donors (Lipinski definition) is 2. The first-order valence-electron chi connectivity index (χ1n) is 13.4. The molecule has 3 aliphatic rings. The molecule has 14 heteroatoms. The number of ether oxygens (including phenoxy) is 1. The molecule has 2 aliphatic heterocycles. The van der Waals surface area contributed by atoms with Crippen molar-refractivity contribution in [3.05, 3.63) is 52.2 Å². The molecule has 3 fully saturated rings. The third kappa shape index (κ3) is 5.12. The minimum absolute atomic E-state index is 0.0377.